The second-order valence-corrected chi connectivity index (χ2v) is 9.74. The molecule has 1 amide bonds. The van der Waals surface area contributed by atoms with Crippen LogP contribution in [-0.2, 0) is 19.4 Å². The van der Waals surface area contributed by atoms with Crippen molar-refractivity contribution < 1.29 is 17.9 Å². The molecule has 0 aliphatic carbocycles. The maximum absolute atomic E-state index is 12.9. The van der Waals surface area contributed by atoms with Crippen LogP contribution in [0.25, 0.3) is 0 Å². The third-order valence-electron chi connectivity index (χ3n) is 5.78. The molecular formula is C19H31Cl2N3O4S. The molecule has 0 spiro atoms. The Balaban J connectivity index is 0.00000210. The number of hydrogen-bond donors (Lipinski definition) is 2. The van der Waals surface area contributed by atoms with Crippen LogP contribution in [-0.4, -0.2) is 69.6 Å². The van der Waals surface area contributed by atoms with Crippen LogP contribution >= 0.6 is 24.8 Å². The molecule has 2 heterocycles. The van der Waals surface area contributed by atoms with Gasteiger partial charge in [0.1, 0.15) is 0 Å². The van der Waals surface area contributed by atoms with Crippen LogP contribution in [0.3, 0.4) is 0 Å². The fourth-order valence-corrected chi connectivity index (χ4v) is 5.20. The van der Waals surface area contributed by atoms with Gasteiger partial charge in [-0.25, -0.2) is 8.42 Å². The summed E-state index contributed by atoms with van der Waals surface area (Å²) in [6, 6.07) is 7.95. The number of carbonyl (C=O) groups is 1. The Morgan fingerprint density at radius 3 is 2.21 bits per heavy atom. The van der Waals surface area contributed by atoms with Crippen LogP contribution < -0.4 is 10.6 Å². The van der Waals surface area contributed by atoms with E-state index in [2.05, 4.69) is 22.5 Å². The fourth-order valence-electron chi connectivity index (χ4n) is 3.86. The fraction of sp³-hybridized carbons (Fsp3) is 0.632. The minimum atomic E-state index is -3.51. The molecule has 1 atom stereocenters. The predicted octanol–water partition coefficient (Wildman–Crippen LogP) is 2.03. The van der Waals surface area contributed by atoms with E-state index in [4.69, 9.17) is 4.74 Å². The van der Waals surface area contributed by atoms with E-state index in [0.717, 1.165) is 38.1 Å². The van der Waals surface area contributed by atoms with Gasteiger partial charge in [-0.1, -0.05) is 12.1 Å². The first-order valence-electron chi connectivity index (χ1n) is 9.47. The third-order valence-corrected chi connectivity index (χ3v) is 7.79. The minimum absolute atomic E-state index is 0. The van der Waals surface area contributed by atoms with E-state index in [-0.39, 0.29) is 30.9 Å². The van der Waals surface area contributed by atoms with E-state index in [0.29, 0.717) is 31.6 Å². The molecule has 2 N–H and O–H groups in total. The predicted molar refractivity (Wildman–Crippen MR) is 120 cm³/mol. The van der Waals surface area contributed by atoms with Crippen LogP contribution in [0.15, 0.2) is 24.3 Å². The molecule has 2 aliphatic rings. The van der Waals surface area contributed by atoms with Gasteiger partial charge in [0.25, 0.3) is 0 Å². The number of carbonyl (C=O) groups excluding carboxylic acids is 1. The largest absolute Gasteiger partial charge is 0.379 e. The van der Waals surface area contributed by atoms with Gasteiger partial charge in [0.2, 0.25) is 5.91 Å². The smallest absolute Gasteiger partial charge is 0.245 e. The number of amides is 1. The monoisotopic (exact) mass is 467 g/mol. The SMILES string of the molecule is CC(c1ccc(NC(=O)C2(S(C)(=O)=O)CCNCC2)cc1)N1CCOCC1.Cl.Cl. The first kappa shape index (κ1) is 26.1. The summed E-state index contributed by atoms with van der Waals surface area (Å²) in [5.74, 6) is -0.430. The van der Waals surface area contributed by atoms with Crippen molar-refractivity contribution in [2.24, 2.45) is 0 Å². The van der Waals surface area contributed by atoms with Gasteiger partial charge >= 0.3 is 0 Å². The molecule has 0 aromatic heterocycles. The molecule has 166 valence electrons. The molecule has 10 heteroatoms. The molecule has 1 aromatic rings. The van der Waals surface area contributed by atoms with Crippen molar-refractivity contribution >= 4 is 46.2 Å². The molecule has 0 bridgehead atoms. The molecule has 0 saturated carbocycles. The lowest BCUT2D eigenvalue weighted by Gasteiger charge is -2.34. The zero-order chi connectivity index (χ0) is 19.5. The molecular weight excluding hydrogens is 437 g/mol. The van der Waals surface area contributed by atoms with E-state index < -0.39 is 20.5 Å². The summed E-state index contributed by atoms with van der Waals surface area (Å²) >= 11 is 0. The van der Waals surface area contributed by atoms with Gasteiger partial charge in [-0.05, 0) is 50.6 Å². The highest BCUT2D eigenvalue weighted by Crippen LogP contribution is 2.30. The number of nitrogens with zero attached hydrogens (tertiary/aromatic N) is 1. The van der Waals surface area contributed by atoms with Crippen molar-refractivity contribution in [2.75, 3.05) is 51.0 Å². The zero-order valence-corrected chi connectivity index (χ0v) is 19.3. The Labute approximate surface area is 185 Å². The Hall–Kier alpha value is -0.900. The van der Waals surface area contributed by atoms with Crippen LogP contribution in [0.2, 0.25) is 0 Å². The van der Waals surface area contributed by atoms with Crippen LogP contribution in [0, 0.1) is 0 Å². The summed E-state index contributed by atoms with van der Waals surface area (Å²) in [6.45, 7) is 6.52. The first-order valence-corrected chi connectivity index (χ1v) is 11.4. The van der Waals surface area contributed by atoms with Crippen LogP contribution in [0.4, 0.5) is 5.69 Å². The first-order chi connectivity index (χ1) is 12.8. The Kier molecular flexibility index (Phi) is 9.85. The van der Waals surface area contributed by atoms with Crippen molar-refractivity contribution in [1.29, 1.82) is 0 Å². The van der Waals surface area contributed by atoms with Crippen LogP contribution in [0.1, 0.15) is 31.4 Å². The normalized spacial score (nSPS) is 20.6. The lowest BCUT2D eigenvalue weighted by atomic mass is 9.95. The minimum Gasteiger partial charge on any atom is -0.379 e. The van der Waals surface area contributed by atoms with Gasteiger partial charge < -0.3 is 15.4 Å². The highest BCUT2D eigenvalue weighted by atomic mass is 35.5. The Morgan fingerprint density at radius 1 is 1.14 bits per heavy atom. The summed E-state index contributed by atoms with van der Waals surface area (Å²) in [5.41, 5.74) is 1.79. The van der Waals surface area contributed by atoms with E-state index in [1.807, 2.05) is 24.3 Å². The number of benzene rings is 1. The van der Waals surface area contributed by atoms with E-state index in [1.54, 1.807) is 0 Å². The second kappa shape index (κ2) is 10.9. The summed E-state index contributed by atoms with van der Waals surface area (Å²) < 4.78 is 28.8. The number of anilines is 1. The molecule has 2 saturated heterocycles. The number of ether oxygens (including phenoxy) is 1. The van der Waals surface area contributed by atoms with Gasteiger partial charge in [-0.15, -0.1) is 24.8 Å². The molecule has 3 rings (SSSR count). The number of piperidine rings is 1. The molecule has 2 fully saturated rings. The van der Waals surface area contributed by atoms with E-state index in [1.165, 1.54) is 0 Å². The quantitative estimate of drug-likeness (QED) is 0.688. The number of nitrogens with one attached hydrogen (secondary N) is 2. The average Bonchev–Trinajstić information content (AvgIpc) is 2.68. The number of hydrogen-bond acceptors (Lipinski definition) is 6. The van der Waals surface area contributed by atoms with Crippen molar-refractivity contribution in [1.82, 2.24) is 10.2 Å². The molecule has 2 aliphatic heterocycles. The molecule has 1 aromatic carbocycles. The summed E-state index contributed by atoms with van der Waals surface area (Å²) in [5, 5.41) is 5.95. The molecule has 1 unspecified atom stereocenters. The number of sulfone groups is 1. The average molecular weight is 468 g/mol. The maximum atomic E-state index is 12.9. The van der Waals surface area contributed by atoms with Crippen molar-refractivity contribution in [3.05, 3.63) is 29.8 Å². The zero-order valence-electron chi connectivity index (χ0n) is 16.8. The lowest BCUT2D eigenvalue weighted by molar-refractivity contribution is -0.119. The van der Waals surface area contributed by atoms with Gasteiger partial charge in [-0.2, -0.15) is 0 Å². The van der Waals surface area contributed by atoms with Crippen LogP contribution in [0.5, 0.6) is 0 Å². The van der Waals surface area contributed by atoms with E-state index >= 15 is 0 Å². The Morgan fingerprint density at radius 2 is 1.69 bits per heavy atom. The van der Waals surface area contributed by atoms with Crippen molar-refractivity contribution in [3.63, 3.8) is 0 Å². The van der Waals surface area contributed by atoms with Gasteiger partial charge in [0.15, 0.2) is 14.6 Å². The topological polar surface area (TPSA) is 87.7 Å². The number of rotatable bonds is 5. The van der Waals surface area contributed by atoms with Crippen molar-refractivity contribution in [2.45, 2.75) is 30.6 Å². The maximum Gasteiger partial charge on any atom is 0.245 e. The van der Waals surface area contributed by atoms with E-state index in [9.17, 15) is 13.2 Å². The Bertz CT molecular complexity index is 762. The summed E-state index contributed by atoms with van der Waals surface area (Å²) in [4.78, 5) is 15.2. The van der Waals surface area contributed by atoms with Gasteiger partial charge in [-0.3, -0.25) is 9.69 Å². The second-order valence-electron chi connectivity index (χ2n) is 7.42. The highest BCUT2D eigenvalue weighted by Gasteiger charge is 2.48. The van der Waals surface area contributed by atoms with Gasteiger partial charge in [0, 0.05) is 31.1 Å². The van der Waals surface area contributed by atoms with Crippen molar-refractivity contribution in [3.8, 4) is 0 Å². The standard InChI is InChI=1S/C19H29N3O4S.2ClH/c1-15(22-11-13-26-14-12-22)16-3-5-17(6-4-16)21-18(23)19(27(2,24)25)7-9-20-10-8-19;;/h3-6,15,20H,7-14H2,1-2H3,(H,21,23);2*1H. The van der Waals surface area contributed by atoms with Gasteiger partial charge in [0.05, 0.1) is 13.2 Å². The number of morpholine rings is 1. The summed E-state index contributed by atoms with van der Waals surface area (Å²) in [6.07, 6.45) is 1.75. The molecule has 29 heavy (non-hydrogen) atoms. The molecule has 7 nitrogen and oxygen atoms in total. The number of halogens is 2. The summed E-state index contributed by atoms with van der Waals surface area (Å²) in [7, 11) is -3.51. The molecule has 0 radical (unpaired) electrons. The highest BCUT2D eigenvalue weighted by molar-refractivity contribution is 7.92. The lowest BCUT2D eigenvalue weighted by Crippen LogP contribution is -2.55. The third kappa shape index (κ3) is 5.83.